The molecule has 2 heterocycles. The molecule has 3 aromatic rings. The maximum atomic E-state index is 12.7. The number of hydrogen-bond acceptors (Lipinski definition) is 8. The molecule has 0 bridgehead atoms. The van der Waals surface area contributed by atoms with Crippen LogP contribution < -0.4 is 10.1 Å². The number of para-hydroxylation sites is 1. The molecule has 1 aliphatic rings. The molecule has 1 amide bonds. The maximum absolute atomic E-state index is 12.7. The number of nitrogens with one attached hydrogen (secondary N) is 1. The molecule has 1 aromatic heterocycles. The van der Waals surface area contributed by atoms with E-state index in [9.17, 15) is 9.00 Å². The first-order valence-electron chi connectivity index (χ1n) is 10.1. The van der Waals surface area contributed by atoms with E-state index in [1.807, 2.05) is 42.5 Å². The minimum Gasteiger partial charge on any atom is -0.492 e. The highest BCUT2D eigenvalue weighted by molar-refractivity contribution is 7.92. The summed E-state index contributed by atoms with van der Waals surface area (Å²) >= 11 is 0. The second kappa shape index (κ2) is 9.31. The molecule has 0 saturated carbocycles. The molecule has 10 heteroatoms. The molecule has 166 valence electrons. The Morgan fingerprint density at radius 1 is 1.25 bits per heavy atom. The topological polar surface area (TPSA) is 116 Å². The number of amides is 1. The number of aromatic nitrogens is 3. The number of rotatable bonds is 6. The maximum Gasteiger partial charge on any atom is 0.441 e. The Bertz CT molecular complexity index is 1270. The summed E-state index contributed by atoms with van der Waals surface area (Å²) in [5.41, 5.74) is 3.42. The average molecular weight is 454 g/mol. The number of anilines is 2. The highest BCUT2D eigenvalue weighted by Gasteiger charge is 2.19. The third-order valence-corrected chi connectivity index (χ3v) is 6.08. The van der Waals surface area contributed by atoms with Crippen LogP contribution in [0.25, 0.3) is 11.4 Å². The van der Waals surface area contributed by atoms with Gasteiger partial charge in [0.25, 0.3) is 0 Å². The first-order valence-corrected chi connectivity index (χ1v) is 12.2. The van der Waals surface area contributed by atoms with Crippen LogP contribution in [0.3, 0.4) is 0 Å². The number of nitrogens with zero attached hydrogens (tertiary/aromatic N) is 4. The summed E-state index contributed by atoms with van der Waals surface area (Å²) in [7, 11) is -2.78. The molecule has 0 saturated heterocycles. The summed E-state index contributed by atoms with van der Waals surface area (Å²) in [6.07, 6.45) is 2.93. The fourth-order valence-electron chi connectivity index (χ4n) is 3.39. The lowest BCUT2D eigenvalue weighted by atomic mass is 10.1. The van der Waals surface area contributed by atoms with Gasteiger partial charge in [0, 0.05) is 18.4 Å². The summed E-state index contributed by atoms with van der Waals surface area (Å²) < 4.78 is 26.9. The minimum absolute atomic E-state index is 0.108. The zero-order chi connectivity index (χ0) is 22.6. The second-order valence-electron chi connectivity index (χ2n) is 7.24. The molecular weight excluding hydrogens is 430 g/mol. The quantitative estimate of drug-likeness (QED) is 0.596. The summed E-state index contributed by atoms with van der Waals surface area (Å²) in [6, 6.07) is 13.2. The van der Waals surface area contributed by atoms with Crippen LogP contribution in [0.2, 0.25) is 0 Å². The van der Waals surface area contributed by atoms with Crippen molar-refractivity contribution in [3.63, 3.8) is 0 Å². The predicted octanol–water partition coefficient (Wildman–Crippen LogP) is 3.97. The van der Waals surface area contributed by atoms with Gasteiger partial charge in [0.05, 0.1) is 34.3 Å². The van der Waals surface area contributed by atoms with Gasteiger partial charge in [0.2, 0.25) is 5.95 Å². The first kappa shape index (κ1) is 21.7. The van der Waals surface area contributed by atoms with Gasteiger partial charge < -0.3 is 14.8 Å². The van der Waals surface area contributed by atoms with Crippen molar-refractivity contribution in [2.75, 3.05) is 24.8 Å². The van der Waals surface area contributed by atoms with Gasteiger partial charge in [-0.25, -0.2) is 19.0 Å². The molecule has 0 fully saturated rings. The number of carbonyl (C=O) groups is 1. The fraction of sp³-hybridized carbons (Fsp3) is 0.273. The summed E-state index contributed by atoms with van der Waals surface area (Å²) in [6.45, 7) is 2.51. The summed E-state index contributed by atoms with van der Waals surface area (Å²) in [5.74, 6) is 1.81. The monoisotopic (exact) mass is 453 g/mol. The zero-order valence-electron chi connectivity index (χ0n) is 17.8. The minimum atomic E-state index is -2.78. The molecule has 0 radical (unpaired) electrons. The van der Waals surface area contributed by atoms with Crippen molar-refractivity contribution in [1.29, 1.82) is 0 Å². The van der Waals surface area contributed by atoms with Gasteiger partial charge in [-0.1, -0.05) is 24.3 Å². The smallest absolute Gasteiger partial charge is 0.441 e. The Morgan fingerprint density at radius 2 is 2.09 bits per heavy atom. The Hall–Kier alpha value is -3.53. The van der Waals surface area contributed by atoms with E-state index in [0.717, 1.165) is 28.9 Å². The molecule has 9 nitrogen and oxygen atoms in total. The lowest BCUT2D eigenvalue weighted by Gasteiger charge is -2.10. The third kappa shape index (κ3) is 5.20. The molecule has 1 unspecified atom stereocenters. The Kier molecular flexibility index (Phi) is 6.31. The Morgan fingerprint density at radius 3 is 2.94 bits per heavy atom. The highest BCUT2D eigenvalue weighted by Crippen LogP contribution is 2.35. The van der Waals surface area contributed by atoms with Crippen molar-refractivity contribution in [2.45, 2.75) is 19.1 Å². The molecule has 1 N–H and O–H groups in total. The van der Waals surface area contributed by atoms with E-state index in [1.165, 1.54) is 12.6 Å². The van der Waals surface area contributed by atoms with E-state index < -0.39 is 15.8 Å². The van der Waals surface area contributed by atoms with Gasteiger partial charge >= 0.3 is 6.09 Å². The number of hydrogen-bond donors (Lipinski definition) is 1. The molecule has 1 aliphatic heterocycles. The van der Waals surface area contributed by atoms with Crippen LogP contribution in [0.15, 0.2) is 53.2 Å². The van der Waals surface area contributed by atoms with E-state index in [4.69, 9.17) is 9.47 Å². The van der Waals surface area contributed by atoms with E-state index >= 15 is 0 Å². The second-order valence-corrected chi connectivity index (χ2v) is 9.63. The van der Waals surface area contributed by atoms with Crippen molar-refractivity contribution in [1.82, 2.24) is 15.0 Å². The van der Waals surface area contributed by atoms with Crippen molar-refractivity contribution < 1.29 is 18.5 Å². The first-order chi connectivity index (χ1) is 15.4. The van der Waals surface area contributed by atoms with E-state index in [-0.39, 0.29) is 12.4 Å². The van der Waals surface area contributed by atoms with Crippen LogP contribution in [0, 0.1) is 0 Å². The van der Waals surface area contributed by atoms with Crippen molar-refractivity contribution in [2.24, 2.45) is 4.36 Å². The van der Waals surface area contributed by atoms with Gasteiger partial charge in [-0.2, -0.15) is 4.98 Å². The van der Waals surface area contributed by atoms with E-state index in [0.29, 0.717) is 24.1 Å². The van der Waals surface area contributed by atoms with Gasteiger partial charge in [-0.05, 0) is 36.2 Å². The van der Waals surface area contributed by atoms with Crippen molar-refractivity contribution in [3.05, 3.63) is 59.9 Å². The highest BCUT2D eigenvalue weighted by atomic mass is 32.2. The molecule has 0 spiro atoms. The van der Waals surface area contributed by atoms with Crippen LogP contribution in [-0.2, 0) is 26.6 Å². The molecule has 2 aromatic carbocycles. The summed E-state index contributed by atoms with van der Waals surface area (Å²) in [5, 5.41) is 3.15. The fourth-order valence-corrected chi connectivity index (χ4v) is 4.63. The molecule has 4 rings (SSSR count). The third-order valence-electron chi connectivity index (χ3n) is 4.68. The Balaban J connectivity index is 1.54. The van der Waals surface area contributed by atoms with Crippen LogP contribution in [0.4, 0.5) is 16.4 Å². The average Bonchev–Trinajstić information content (AvgIpc) is 3.22. The van der Waals surface area contributed by atoms with E-state index in [2.05, 4.69) is 24.6 Å². The Labute approximate surface area is 186 Å². The van der Waals surface area contributed by atoms with Crippen molar-refractivity contribution in [3.8, 4) is 17.1 Å². The number of benzene rings is 2. The van der Waals surface area contributed by atoms with Crippen LogP contribution in [-0.4, -0.2) is 44.7 Å². The standard InChI is InChI=1S/C22H23N5O4S/c1-3-30-22(28)27-32(2,29)13-15-6-4-8-17(12-15)25-21-24-14-23-20(26-21)18-9-5-7-16-10-11-31-19(16)18/h4-9,12,14H,3,10-11,13H2,1-2H3,(H,23,24,25,26). The van der Waals surface area contributed by atoms with Gasteiger partial charge in [0.15, 0.2) is 5.82 Å². The molecule has 32 heavy (non-hydrogen) atoms. The predicted molar refractivity (Wildman–Crippen MR) is 121 cm³/mol. The number of ether oxygens (including phenoxy) is 2. The number of fused-ring (bicyclic) bond motifs is 1. The van der Waals surface area contributed by atoms with Gasteiger partial charge in [-0.15, -0.1) is 4.36 Å². The summed E-state index contributed by atoms with van der Waals surface area (Å²) in [4.78, 5) is 24.6. The SMILES string of the molecule is CCOC(=O)N=S(C)(=O)Cc1cccc(Nc2ncnc(-c3cccc4c3OCC4)n2)c1. The molecular formula is C22H23N5O4S. The normalized spacial score (nSPS) is 14.1. The van der Waals surface area contributed by atoms with Crippen LogP contribution in [0.1, 0.15) is 18.1 Å². The van der Waals surface area contributed by atoms with Crippen LogP contribution >= 0.6 is 0 Å². The molecule has 0 aliphatic carbocycles. The lowest BCUT2D eigenvalue weighted by Crippen LogP contribution is -2.07. The number of carbonyl (C=O) groups excluding carboxylic acids is 1. The lowest BCUT2D eigenvalue weighted by molar-refractivity contribution is 0.164. The zero-order valence-corrected chi connectivity index (χ0v) is 18.6. The van der Waals surface area contributed by atoms with Gasteiger partial charge in [-0.3, -0.25) is 0 Å². The van der Waals surface area contributed by atoms with Crippen LogP contribution in [0.5, 0.6) is 5.75 Å². The van der Waals surface area contributed by atoms with Crippen molar-refractivity contribution >= 4 is 27.5 Å². The molecule has 1 atom stereocenters. The largest absolute Gasteiger partial charge is 0.492 e. The van der Waals surface area contributed by atoms with E-state index in [1.54, 1.807) is 6.92 Å². The van der Waals surface area contributed by atoms with Gasteiger partial charge in [0.1, 0.15) is 12.1 Å².